The van der Waals surface area contributed by atoms with E-state index in [0.717, 1.165) is 23.2 Å². The molecule has 0 atom stereocenters. The molecular formula is C13H13ClN2O4S3. The van der Waals surface area contributed by atoms with Gasteiger partial charge in [-0.2, -0.15) is 0 Å². The Morgan fingerprint density at radius 1 is 1.17 bits per heavy atom. The van der Waals surface area contributed by atoms with Crippen LogP contribution in [0, 0.1) is 0 Å². The normalized spacial score (nSPS) is 14.8. The van der Waals surface area contributed by atoms with Crippen LogP contribution >= 0.6 is 22.9 Å². The van der Waals surface area contributed by atoms with E-state index in [9.17, 15) is 16.8 Å². The Balaban J connectivity index is 1.90. The van der Waals surface area contributed by atoms with Gasteiger partial charge in [0.05, 0.1) is 16.3 Å². The second kappa shape index (κ2) is 5.66. The third kappa shape index (κ3) is 3.32. The number of fused-ring (bicyclic) bond motifs is 1. The maximum Gasteiger partial charge on any atom is 0.271 e. The molecule has 0 bridgehead atoms. The summed E-state index contributed by atoms with van der Waals surface area (Å²) in [5.41, 5.74) is 1.78. The van der Waals surface area contributed by atoms with Gasteiger partial charge in [-0.25, -0.2) is 16.8 Å². The maximum absolute atomic E-state index is 12.3. The number of sulfonamides is 2. The summed E-state index contributed by atoms with van der Waals surface area (Å²) in [5.74, 6) is 0. The highest BCUT2D eigenvalue weighted by Crippen LogP contribution is 2.33. The van der Waals surface area contributed by atoms with Crippen LogP contribution in [-0.4, -0.2) is 29.6 Å². The second-order valence-electron chi connectivity index (χ2n) is 5.09. The lowest BCUT2D eigenvalue weighted by molar-refractivity contribution is 0.597. The Morgan fingerprint density at radius 2 is 1.91 bits per heavy atom. The lowest BCUT2D eigenvalue weighted by Crippen LogP contribution is -2.27. The van der Waals surface area contributed by atoms with Crippen LogP contribution < -0.4 is 9.03 Å². The van der Waals surface area contributed by atoms with Crippen molar-refractivity contribution in [2.24, 2.45) is 0 Å². The average molecular weight is 393 g/mol. The second-order valence-corrected chi connectivity index (χ2v) is 10.6. The fourth-order valence-corrected chi connectivity index (χ4v) is 5.92. The molecule has 6 nitrogen and oxygen atoms in total. The molecule has 0 saturated carbocycles. The van der Waals surface area contributed by atoms with Crippen molar-refractivity contribution in [2.75, 3.05) is 21.8 Å². The molecule has 10 heteroatoms. The van der Waals surface area contributed by atoms with E-state index >= 15 is 0 Å². The fraction of sp³-hybridized carbons (Fsp3) is 0.231. The summed E-state index contributed by atoms with van der Waals surface area (Å²) < 4.78 is 52.3. The van der Waals surface area contributed by atoms with E-state index in [-0.39, 0.29) is 4.21 Å². The van der Waals surface area contributed by atoms with E-state index < -0.39 is 20.0 Å². The highest BCUT2D eigenvalue weighted by molar-refractivity contribution is 7.94. The standard InChI is InChI=1S/C13H13ClN2O4S3/c1-22(17,18)16-7-6-9-8-10(2-3-11(9)16)15-23(19,20)13-5-4-12(14)21-13/h2-5,8,15H,6-7H2,1H3. The largest absolute Gasteiger partial charge is 0.279 e. The van der Waals surface area contributed by atoms with Gasteiger partial charge in [0.1, 0.15) is 4.21 Å². The van der Waals surface area contributed by atoms with E-state index in [0.29, 0.717) is 28.7 Å². The molecule has 1 aliphatic heterocycles. The van der Waals surface area contributed by atoms with E-state index in [1.165, 1.54) is 16.4 Å². The molecule has 3 rings (SSSR count). The molecule has 1 aliphatic rings. The lowest BCUT2D eigenvalue weighted by atomic mass is 10.1. The van der Waals surface area contributed by atoms with Crippen molar-refractivity contribution in [2.45, 2.75) is 10.6 Å². The zero-order chi connectivity index (χ0) is 16.8. The quantitative estimate of drug-likeness (QED) is 0.866. The number of hydrogen-bond acceptors (Lipinski definition) is 5. The van der Waals surface area contributed by atoms with Crippen LogP contribution in [0.2, 0.25) is 4.34 Å². The zero-order valence-electron chi connectivity index (χ0n) is 12.0. The van der Waals surface area contributed by atoms with Crippen LogP contribution in [-0.2, 0) is 26.5 Å². The molecule has 0 saturated heterocycles. The molecule has 0 radical (unpaired) electrons. The number of hydrogen-bond donors (Lipinski definition) is 1. The molecule has 0 spiro atoms. The van der Waals surface area contributed by atoms with E-state index in [1.54, 1.807) is 18.2 Å². The van der Waals surface area contributed by atoms with Crippen molar-refractivity contribution in [3.05, 3.63) is 40.2 Å². The molecule has 0 aliphatic carbocycles. The first-order valence-corrected chi connectivity index (χ1v) is 11.1. The Morgan fingerprint density at radius 3 is 2.52 bits per heavy atom. The smallest absolute Gasteiger partial charge is 0.271 e. The SMILES string of the molecule is CS(=O)(=O)N1CCc2cc(NS(=O)(=O)c3ccc(Cl)s3)ccc21. The van der Waals surface area contributed by atoms with Gasteiger partial charge in [-0.15, -0.1) is 11.3 Å². The molecule has 0 unspecified atom stereocenters. The average Bonchev–Trinajstić information content (AvgIpc) is 3.03. The number of nitrogens with one attached hydrogen (secondary N) is 1. The number of benzene rings is 1. The highest BCUT2D eigenvalue weighted by Gasteiger charge is 2.26. The molecule has 1 aromatic heterocycles. The Hall–Kier alpha value is -1.29. The number of nitrogens with zero attached hydrogens (tertiary/aromatic N) is 1. The summed E-state index contributed by atoms with van der Waals surface area (Å²) in [4.78, 5) is 0. The van der Waals surface area contributed by atoms with Gasteiger partial charge in [0.25, 0.3) is 10.0 Å². The zero-order valence-corrected chi connectivity index (χ0v) is 15.2. The summed E-state index contributed by atoms with van der Waals surface area (Å²) >= 11 is 6.74. The van der Waals surface area contributed by atoms with Gasteiger partial charge in [-0.05, 0) is 42.3 Å². The number of thiophene rings is 1. The first-order valence-electron chi connectivity index (χ1n) is 6.56. The fourth-order valence-electron chi connectivity index (χ4n) is 2.43. The van der Waals surface area contributed by atoms with Crippen molar-refractivity contribution in [3.63, 3.8) is 0 Å². The summed E-state index contributed by atoms with van der Waals surface area (Å²) in [7, 11) is -7.02. The van der Waals surface area contributed by atoms with Gasteiger partial charge in [0, 0.05) is 12.2 Å². The van der Waals surface area contributed by atoms with Crippen LogP contribution in [0.25, 0.3) is 0 Å². The molecular weight excluding hydrogens is 380 g/mol. The van der Waals surface area contributed by atoms with E-state index in [4.69, 9.17) is 11.6 Å². The van der Waals surface area contributed by atoms with Crippen molar-refractivity contribution in [1.82, 2.24) is 0 Å². The molecule has 124 valence electrons. The van der Waals surface area contributed by atoms with Crippen LogP contribution in [0.15, 0.2) is 34.5 Å². The lowest BCUT2D eigenvalue weighted by Gasteiger charge is -2.16. The molecule has 0 amide bonds. The Labute approximate surface area is 143 Å². The van der Waals surface area contributed by atoms with Crippen molar-refractivity contribution < 1.29 is 16.8 Å². The molecule has 1 N–H and O–H groups in total. The molecule has 1 aromatic carbocycles. The minimum Gasteiger partial charge on any atom is -0.279 e. The van der Waals surface area contributed by atoms with Crippen LogP contribution in [0.4, 0.5) is 11.4 Å². The first kappa shape index (κ1) is 16.6. The van der Waals surface area contributed by atoms with E-state index in [2.05, 4.69) is 4.72 Å². The van der Waals surface area contributed by atoms with Crippen molar-refractivity contribution in [3.8, 4) is 0 Å². The van der Waals surface area contributed by atoms with Gasteiger partial charge in [-0.1, -0.05) is 11.6 Å². The summed E-state index contributed by atoms with van der Waals surface area (Å²) in [5, 5.41) is 0. The molecule has 23 heavy (non-hydrogen) atoms. The van der Waals surface area contributed by atoms with Gasteiger partial charge >= 0.3 is 0 Å². The maximum atomic E-state index is 12.3. The molecule has 2 aromatic rings. The minimum absolute atomic E-state index is 0.126. The summed E-state index contributed by atoms with van der Waals surface area (Å²) in [6, 6.07) is 7.78. The first-order chi connectivity index (χ1) is 10.7. The van der Waals surface area contributed by atoms with Crippen molar-refractivity contribution in [1.29, 1.82) is 0 Å². The van der Waals surface area contributed by atoms with Gasteiger partial charge in [0.15, 0.2) is 0 Å². The van der Waals surface area contributed by atoms with Crippen LogP contribution in [0.3, 0.4) is 0 Å². The van der Waals surface area contributed by atoms with E-state index in [1.807, 2.05) is 0 Å². The monoisotopic (exact) mass is 392 g/mol. The van der Waals surface area contributed by atoms with Crippen molar-refractivity contribution >= 4 is 54.4 Å². The van der Waals surface area contributed by atoms with Gasteiger partial charge < -0.3 is 0 Å². The van der Waals surface area contributed by atoms with Gasteiger partial charge in [-0.3, -0.25) is 9.03 Å². The minimum atomic E-state index is -3.70. The Bertz CT molecular complexity index is 967. The molecule has 2 heterocycles. The van der Waals surface area contributed by atoms with Crippen LogP contribution in [0.1, 0.15) is 5.56 Å². The third-order valence-corrected chi connectivity index (χ3v) is 7.68. The predicted octanol–water partition coefficient (Wildman–Crippen LogP) is 2.52. The molecule has 0 fully saturated rings. The summed E-state index contributed by atoms with van der Waals surface area (Å²) in [6.07, 6.45) is 1.70. The predicted molar refractivity (Wildman–Crippen MR) is 92.5 cm³/mol. The van der Waals surface area contributed by atoms with Crippen LogP contribution in [0.5, 0.6) is 0 Å². The number of anilines is 2. The third-order valence-electron chi connectivity index (χ3n) is 3.40. The Kier molecular flexibility index (Phi) is 4.07. The number of rotatable bonds is 4. The topological polar surface area (TPSA) is 83.6 Å². The number of halogens is 1. The summed E-state index contributed by atoms with van der Waals surface area (Å²) in [6.45, 7) is 0.366. The highest BCUT2D eigenvalue weighted by atomic mass is 35.5. The van der Waals surface area contributed by atoms with Gasteiger partial charge in [0.2, 0.25) is 10.0 Å².